The molecule has 3 unspecified atom stereocenters. The molecule has 10 heteroatoms. The lowest BCUT2D eigenvalue weighted by Crippen LogP contribution is -2.46. The van der Waals surface area contributed by atoms with E-state index in [1.807, 2.05) is 33.8 Å². The van der Waals surface area contributed by atoms with Gasteiger partial charge in [0.2, 0.25) is 0 Å². The molecule has 2 aromatic heterocycles. The average molecular weight is 500 g/mol. The highest BCUT2D eigenvalue weighted by atomic mass is 32.1. The highest BCUT2D eigenvalue weighted by Gasteiger charge is 2.43. The van der Waals surface area contributed by atoms with E-state index in [4.69, 9.17) is 4.74 Å². The highest BCUT2D eigenvalue weighted by molar-refractivity contribution is 7.10. The maximum atomic E-state index is 13.7. The maximum absolute atomic E-state index is 13.7. The normalized spacial score (nSPS) is 20.5. The summed E-state index contributed by atoms with van der Waals surface area (Å²) < 4.78 is 19.5. The van der Waals surface area contributed by atoms with Crippen LogP contribution in [0.2, 0.25) is 0 Å². The van der Waals surface area contributed by atoms with Crippen molar-refractivity contribution in [3.8, 4) is 0 Å². The van der Waals surface area contributed by atoms with Gasteiger partial charge in [-0.05, 0) is 57.9 Å². The van der Waals surface area contributed by atoms with E-state index in [2.05, 4.69) is 20.5 Å². The van der Waals surface area contributed by atoms with Crippen LogP contribution in [0.3, 0.4) is 0 Å². The number of aromatic amines is 1. The fourth-order valence-corrected chi connectivity index (χ4v) is 5.38. The summed E-state index contributed by atoms with van der Waals surface area (Å²) >= 11 is 1.42. The summed E-state index contributed by atoms with van der Waals surface area (Å²) in [6.07, 6.45) is 1.76. The first kappa shape index (κ1) is 24.8. The van der Waals surface area contributed by atoms with E-state index < -0.39 is 11.7 Å². The molecule has 1 aliphatic heterocycles. The monoisotopic (exact) mass is 499 g/mol. The van der Waals surface area contributed by atoms with Crippen LogP contribution >= 0.6 is 11.3 Å². The smallest absolute Gasteiger partial charge is 0.410 e. The fraction of sp³-hybridized carbons (Fsp3) is 0.440. The number of amides is 2. The summed E-state index contributed by atoms with van der Waals surface area (Å²) in [7, 11) is 0. The Balaban J connectivity index is 1.74. The molecule has 3 aromatic rings. The van der Waals surface area contributed by atoms with Crippen LogP contribution < -0.4 is 5.32 Å². The van der Waals surface area contributed by atoms with Crippen molar-refractivity contribution in [2.45, 2.75) is 57.6 Å². The van der Waals surface area contributed by atoms with Crippen molar-refractivity contribution in [2.75, 3.05) is 13.1 Å². The second kappa shape index (κ2) is 10.2. The molecular weight excluding hydrogens is 469 g/mol. The highest BCUT2D eigenvalue weighted by Crippen LogP contribution is 2.47. The molecule has 0 bridgehead atoms. The third-order valence-electron chi connectivity index (χ3n) is 5.95. The van der Waals surface area contributed by atoms with Gasteiger partial charge >= 0.3 is 6.09 Å². The minimum absolute atomic E-state index is 0.111. The molecule has 1 saturated heterocycles. The Hall–Kier alpha value is -3.27. The molecule has 4 rings (SSSR count). The van der Waals surface area contributed by atoms with Crippen molar-refractivity contribution in [2.24, 2.45) is 0 Å². The van der Waals surface area contributed by atoms with Crippen LogP contribution in [0.15, 0.2) is 41.9 Å². The summed E-state index contributed by atoms with van der Waals surface area (Å²) in [6, 6.07) is 7.86. The van der Waals surface area contributed by atoms with Gasteiger partial charge in [0.05, 0.1) is 16.7 Å². The topological polar surface area (TPSA) is 100 Å². The maximum Gasteiger partial charge on any atom is 0.410 e. The Morgan fingerprint density at radius 1 is 1.23 bits per heavy atom. The zero-order valence-corrected chi connectivity index (χ0v) is 21.1. The van der Waals surface area contributed by atoms with Crippen molar-refractivity contribution < 1.29 is 18.7 Å². The number of H-pyrrole nitrogens is 1. The van der Waals surface area contributed by atoms with Gasteiger partial charge in [0.25, 0.3) is 5.91 Å². The van der Waals surface area contributed by atoms with E-state index in [-0.39, 0.29) is 29.6 Å². The molecule has 35 heavy (non-hydrogen) atoms. The standard InChI is InChI=1S/C25H30FN5O3S/c1-5-27-22(32)20-14-35-23(29-20)17-12-21(19-10-11-28-30-19)31(24(33)34-25(2,3)4)13-18(17)15-6-8-16(26)9-7-15/h6-11,14,17-18,21H,5,12-13H2,1-4H3,(H,27,32)(H,28,30). The number of thiazole rings is 1. The van der Waals surface area contributed by atoms with Gasteiger partial charge in [-0.2, -0.15) is 5.10 Å². The van der Waals surface area contributed by atoms with E-state index in [9.17, 15) is 14.0 Å². The molecule has 0 radical (unpaired) electrons. The third kappa shape index (κ3) is 5.70. The molecule has 1 aromatic carbocycles. The number of likely N-dealkylation sites (tertiary alicyclic amines) is 1. The number of aromatic nitrogens is 3. The van der Waals surface area contributed by atoms with E-state index in [0.29, 0.717) is 25.2 Å². The molecular formula is C25H30FN5O3S. The Kier molecular flexibility index (Phi) is 7.20. The van der Waals surface area contributed by atoms with E-state index in [0.717, 1.165) is 16.3 Å². The van der Waals surface area contributed by atoms with Crippen molar-refractivity contribution in [3.63, 3.8) is 0 Å². The van der Waals surface area contributed by atoms with Crippen LogP contribution in [0.1, 0.15) is 78.7 Å². The van der Waals surface area contributed by atoms with E-state index >= 15 is 0 Å². The molecule has 2 N–H and O–H groups in total. The Bertz CT molecular complexity index is 1160. The number of hydrogen-bond donors (Lipinski definition) is 2. The first-order valence-electron chi connectivity index (χ1n) is 11.6. The molecule has 0 saturated carbocycles. The van der Waals surface area contributed by atoms with Gasteiger partial charge in [-0.3, -0.25) is 14.8 Å². The number of rotatable bonds is 5. The summed E-state index contributed by atoms with van der Waals surface area (Å²) in [5.41, 5.74) is 1.40. The second-order valence-corrected chi connectivity index (χ2v) is 10.5. The van der Waals surface area contributed by atoms with Crippen LogP contribution in [0.5, 0.6) is 0 Å². The third-order valence-corrected chi connectivity index (χ3v) is 6.93. The number of carbonyl (C=O) groups is 2. The predicted molar refractivity (Wildman–Crippen MR) is 131 cm³/mol. The van der Waals surface area contributed by atoms with Crippen LogP contribution in [0, 0.1) is 5.82 Å². The van der Waals surface area contributed by atoms with Gasteiger partial charge in [-0.1, -0.05) is 12.1 Å². The quantitative estimate of drug-likeness (QED) is 0.514. The molecule has 2 amide bonds. The number of halogens is 1. The van der Waals surface area contributed by atoms with Crippen molar-refractivity contribution in [1.82, 2.24) is 25.4 Å². The number of hydrogen-bond acceptors (Lipinski definition) is 6. The zero-order chi connectivity index (χ0) is 25.2. The first-order chi connectivity index (χ1) is 16.7. The minimum atomic E-state index is -0.658. The van der Waals surface area contributed by atoms with Gasteiger partial charge in [-0.15, -0.1) is 11.3 Å². The lowest BCUT2D eigenvalue weighted by Gasteiger charge is -2.43. The van der Waals surface area contributed by atoms with Crippen molar-refractivity contribution in [1.29, 1.82) is 0 Å². The van der Waals surface area contributed by atoms with Gasteiger partial charge in [-0.25, -0.2) is 14.2 Å². The molecule has 8 nitrogen and oxygen atoms in total. The van der Waals surface area contributed by atoms with Gasteiger partial charge in [0.1, 0.15) is 17.1 Å². The molecule has 1 fully saturated rings. The number of nitrogens with one attached hydrogen (secondary N) is 2. The molecule has 0 spiro atoms. The Morgan fingerprint density at radius 3 is 2.60 bits per heavy atom. The van der Waals surface area contributed by atoms with Crippen LogP contribution in [0.25, 0.3) is 0 Å². The second-order valence-electron chi connectivity index (χ2n) is 9.59. The summed E-state index contributed by atoms with van der Waals surface area (Å²) in [6.45, 7) is 8.21. The Morgan fingerprint density at radius 2 is 1.97 bits per heavy atom. The lowest BCUT2D eigenvalue weighted by atomic mass is 9.77. The Labute approximate surface area is 207 Å². The molecule has 186 valence electrons. The number of nitrogens with zero attached hydrogens (tertiary/aromatic N) is 3. The number of carbonyl (C=O) groups excluding carboxylic acids is 2. The lowest BCUT2D eigenvalue weighted by molar-refractivity contribution is 0.00403. The predicted octanol–water partition coefficient (Wildman–Crippen LogP) is 5.00. The fourth-order valence-electron chi connectivity index (χ4n) is 4.40. The number of piperidine rings is 1. The SMILES string of the molecule is CCNC(=O)c1csc(C2CC(c3ccn[nH]3)N(C(=O)OC(C)(C)C)CC2c2ccc(F)cc2)n1. The minimum Gasteiger partial charge on any atom is -0.444 e. The summed E-state index contributed by atoms with van der Waals surface area (Å²) in [5.74, 6) is -0.825. The zero-order valence-electron chi connectivity index (χ0n) is 20.2. The number of ether oxygens (including phenoxy) is 1. The van der Waals surface area contributed by atoms with Gasteiger partial charge in [0, 0.05) is 36.5 Å². The van der Waals surface area contributed by atoms with E-state index in [1.165, 1.54) is 23.5 Å². The number of benzene rings is 1. The first-order valence-corrected chi connectivity index (χ1v) is 12.5. The molecule has 3 atom stereocenters. The van der Waals surface area contributed by atoms with Crippen molar-refractivity contribution in [3.05, 3.63) is 69.7 Å². The van der Waals surface area contributed by atoms with Gasteiger partial charge < -0.3 is 10.1 Å². The van der Waals surface area contributed by atoms with Crippen LogP contribution in [0.4, 0.5) is 9.18 Å². The summed E-state index contributed by atoms with van der Waals surface area (Å²) in [5, 5.41) is 12.4. The molecule has 0 aliphatic carbocycles. The molecule has 1 aliphatic rings. The van der Waals surface area contributed by atoms with Crippen molar-refractivity contribution >= 4 is 23.3 Å². The largest absolute Gasteiger partial charge is 0.444 e. The van der Waals surface area contributed by atoms with Crippen LogP contribution in [-0.2, 0) is 4.74 Å². The van der Waals surface area contributed by atoms with Gasteiger partial charge in [0.15, 0.2) is 0 Å². The van der Waals surface area contributed by atoms with E-state index in [1.54, 1.807) is 28.6 Å². The average Bonchev–Trinajstić information content (AvgIpc) is 3.50. The van der Waals surface area contributed by atoms with Crippen LogP contribution in [-0.4, -0.2) is 50.8 Å². The molecule has 3 heterocycles. The summed E-state index contributed by atoms with van der Waals surface area (Å²) in [4.78, 5) is 32.0.